The highest BCUT2D eigenvalue weighted by Crippen LogP contribution is 2.26. The first-order chi connectivity index (χ1) is 18.2. The number of benzene rings is 3. The number of aryl methyl sites for hydroxylation is 1. The molecule has 8 nitrogen and oxygen atoms in total. The maximum atomic E-state index is 13.8. The van der Waals surface area contributed by atoms with Crippen LogP contribution in [0.1, 0.15) is 31.4 Å². The van der Waals surface area contributed by atoms with Gasteiger partial charge in [-0.05, 0) is 62.2 Å². The van der Waals surface area contributed by atoms with Crippen molar-refractivity contribution in [3.05, 3.63) is 90.0 Å². The van der Waals surface area contributed by atoms with Crippen LogP contribution in [0.5, 0.6) is 5.75 Å². The van der Waals surface area contributed by atoms with Gasteiger partial charge in [-0.15, -0.1) is 0 Å². The molecule has 0 fully saturated rings. The third-order valence-corrected chi connectivity index (χ3v) is 7.95. The van der Waals surface area contributed by atoms with Crippen molar-refractivity contribution in [2.24, 2.45) is 0 Å². The number of anilines is 1. The maximum absolute atomic E-state index is 13.8. The van der Waals surface area contributed by atoms with Crippen molar-refractivity contribution in [2.75, 3.05) is 24.5 Å². The number of nitrogens with one attached hydrogen (secondary N) is 1. The monoisotopic (exact) mass is 537 g/mol. The Morgan fingerprint density at radius 1 is 0.947 bits per heavy atom. The van der Waals surface area contributed by atoms with E-state index in [4.69, 9.17) is 4.74 Å². The molecule has 2 amide bonds. The number of amides is 2. The van der Waals surface area contributed by atoms with Crippen molar-refractivity contribution in [1.82, 2.24) is 10.2 Å². The first-order valence-corrected chi connectivity index (χ1v) is 14.0. The summed E-state index contributed by atoms with van der Waals surface area (Å²) in [6.45, 7) is 5.66. The number of ether oxygens (including phenoxy) is 1. The Labute approximate surface area is 225 Å². The van der Waals surface area contributed by atoms with Crippen LogP contribution >= 0.6 is 0 Å². The molecule has 0 aliphatic heterocycles. The Kier molecular flexibility index (Phi) is 9.90. The summed E-state index contributed by atoms with van der Waals surface area (Å²) in [4.78, 5) is 28.1. The van der Waals surface area contributed by atoms with Gasteiger partial charge < -0.3 is 15.0 Å². The number of carbonyl (C=O) groups is 2. The first-order valence-electron chi connectivity index (χ1n) is 12.5. The molecule has 0 unspecified atom stereocenters. The Morgan fingerprint density at radius 2 is 1.58 bits per heavy atom. The topological polar surface area (TPSA) is 96.0 Å². The van der Waals surface area contributed by atoms with E-state index in [9.17, 15) is 18.0 Å². The highest BCUT2D eigenvalue weighted by molar-refractivity contribution is 7.92. The van der Waals surface area contributed by atoms with Gasteiger partial charge in [0.25, 0.3) is 10.0 Å². The van der Waals surface area contributed by atoms with Gasteiger partial charge in [0.05, 0.1) is 17.7 Å². The number of hydrogen-bond acceptors (Lipinski definition) is 5. The number of rotatable bonds is 12. The first kappa shape index (κ1) is 28.7. The van der Waals surface area contributed by atoms with Crippen molar-refractivity contribution in [2.45, 2.75) is 44.7 Å². The minimum atomic E-state index is -4.12. The minimum absolute atomic E-state index is 0.0232. The fourth-order valence-electron chi connectivity index (χ4n) is 3.87. The third kappa shape index (κ3) is 7.13. The van der Waals surface area contributed by atoms with Gasteiger partial charge in [-0.25, -0.2) is 8.42 Å². The molecule has 38 heavy (non-hydrogen) atoms. The summed E-state index contributed by atoms with van der Waals surface area (Å²) in [5.74, 6) is -0.274. The van der Waals surface area contributed by atoms with E-state index < -0.39 is 28.5 Å². The van der Waals surface area contributed by atoms with Crippen molar-refractivity contribution < 1.29 is 22.7 Å². The molecule has 0 saturated carbocycles. The summed E-state index contributed by atoms with van der Waals surface area (Å²) in [5, 5.41) is 2.83. The standard InChI is InChI=1S/C29H35N3O5S/c1-5-19-30-29(34)23(3)31(20-24-9-7-6-8-10-24)28(33)21-32(25-13-11-22(2)12-14-25)38(35,36)27-17-15-26(37-4)16-18-27/h6-18,23H,5,19-21H2,1-4H3,(H,30,34)/t23-/m0/s1. The lowest BCUT2D eigenvalue weighted by atomic mass is 10.1. The van der Waals surface area contributed by atoms with E-state index in [1.165, 1.54) is 24.1 Å². The lowest BCUT2D eigenvalue weighted by Crippen LogP contribution is -2.51. The van der Waals surface area contributed by atoms with Gasteiger partial charge in [-0.2, -0.15) is 0 Å². The van der Waals surface area contributed by atoms with Gasteiger partial charge in [0, 0.05) is 13.1 Å². The van der Waals surface area contributed by atoms with Crippen LogP contribution < -0.4 is 14.4 Å². The third-order valence-electron chi connectivity index (χ3n) is 6.16. The fourth-order valence-corrected chi connectivity index (χ4v) is 5.29. The largest absolute Gasteiger partial charge is 0.497 e. The second-order valence-corrected chi connectivity index (χ2v) is 10.9. The zero-order valence-corrected chi connectivity index (χ0v) is 23.1. The van der Waals surface area contributed by atoms with Crippen LogP contribution in [0, 0.1) is 6.92 Å². The highest BCUT2D eigenvalue weighted by Gasteiger charge is 2.32. The van der Waals surface area contributed by atoms with E-state index in [-0.39, 0.29) is 17.3 Å². The zero-order valence-electron chi connectivity index (χ0n) is 22.3. The van der Waals surface area contributed by atoms with Crippen LogP contribution in [0.25, 0.3) is 0 Å². The molecule has 0 bridgehead atoms. The molecule has 1 atom stereocenters. The SMILES string of the molecule is CCCNC(=O)[C@H](C)N(Cc1ccccc1)C(=O)CN(c1ccc(C)cc1)S(=O)(=O)c1ccc(OC)cc1. The molecule has 3 aromatic carbocycles. The van der Waals surface area contributed by atoms with E-state index in [1.807, 2.05) is 44.2 Å². The van der Waals surface area contributed by atoms with E-state index in [0.717, 1.165) is 21.9 Å². The summed E-state index contributed by atoms with van der Waals surface area (Å²) in [6.07, 6.45) is 0.756. The van der Waals surface area contributed by atoms with Gasteiger partial charge in [0.15, 0.2) is 0 Å². The van der Waals surface area contributed by atoms with Crippen LogP contribution in [0.15, 0.2) is 83.8 Å². The predicted molar refractivity (Wildman–Crippen MR) is 148 cm³/mol. The summed E-state index contributed by atoms with van der Waals surface area (Å²) in [6, 6.07) is 21.4. The molecule has 1 N–H and O–H groups in total. The summed E-state index contributed by atoms with van der Waals surface area (Å²) >= 11 is 0. The van der Waals surface area contributed by atoms with E-state index >= 15 is 0 Å². The average Bonchev–Trinajstić information content (AvgIpc) is 2.93. The number of nitrogens with zero attached hydrogens (tertiary/aromatic N) is 2. The Morgan fingerprint density at radius 3 is 2.16 bits per heavy atom. The lowest BCUT2D eigenvalue weighted by Gasteiger charge is -2.32. The molecule has 0 aromatic heterocycles. The second kappa shape index (κ2) is 13.1. The molecule has 0 aliphatic rings. The van der Waals surface area contributed by atoms with Crippen molar-refractivity contribution in [1.29, 1.82) is 0 Å². The van der Waals surface area contributed by atoms with Gasteiger partial charge in [0.1, 0.15) is 18.3 Å². The van der Waals surface area contributed by atoms with Crippen LogP contribution in [0.4, 0.5) is 5.69 Å². The molecule has 0 heterocycles. The Balaban J connectivity index is 2.00. The quantitative estimate of drug-likeness (QED) is 0.375. The van der Waals surface area contributed by atoms with E-state index in [2.05, 4.69) is 5.32 Å². The molecule has 0 spiro atoms. The minimum Gasteiger partial charge on any atom is -0.497 e. The molecular weight excluding hydrogens is 502 g/mol. The van der Waals surface area contributed by atoms with Crippen molar-refractivity contribution in [3.8, 4) is 5.75 Å². The van der Waals surface area contributed by atoms with Crippen LogP contribution in [0.3, 0.4) is 0 Å². The average molecular weight is 538 g/mol. The van der Waals surface area contributed by atoms with Gasteiger partial charge in [0.2, 0.25) is 11.8 Å². The Hall–Kier alpha value is -3.85. The number of sulfonamides is 1. The maximum Gasteiger partial charge on any atom is 0.264 e. The normalized spacial score (nSPS) is 11.9. The predicted octanol–water partition coefficient (Wildman–Crippen LogP) is 4.14. The molecular formula is C29H35N3O5S. The summed E-state index contributed by atoms with van der Waals surface area (Å²) in [5.41, 5.74) is 2.13. The molecule has 202 valence electrons. The van der Waals surface area contributed by atoms with Crippen LogP contribution in [0.2, 0.25) is 0 Å². The van der Waals surface area contributed by atoms with E-state index in [0.29, 0.717) is 18.0 Å². The number of methoxy groups -OCH3 is 1. The zero-order chi connectivity index (χ0) is 27.7. The smallest absolute Gasteiger partial charge is 0.264 e. The molecule has 0 saturated heterocycles. The fraction of sp³-hybridized carbons (Fsp3) is 0.310. The Bertz CT molecular complexity index is 1310. The van der Waals surface area contributed by atoms with Gasteiger partial charge in [-0.3, -0.25) is 13.9 Å². The van der Waals surface area contributed by atoms with Gasteiger partial charge in [-0.1, -0.05) is 55.0 Å². The van der Waals surface area contributed by atoms with Crippen molar-refractivity contribution in [3.63, 3.8) is 0 Å². The van der Waals surface area contributed by atoms with E-state index in [1.54, 1.807) is 43.3 Å². The molecule has 3 aromatic rings. The van der Waals surface area contributed by atoms with Gasteiger partial charge >= 0.3 is 0 Å². The molecule has 0 radical (unpaired) electrons. The molecule has 0 aliphatic carbocycles. The lowest BCUT2D eigenvalue weighted by molar-refractivity contribution is -0.139. The second-order valence-electron chi connectivity index (χ2n) is 9.00. The molecule has 3 rings (SSSR count). The number of carbonyl (C=O) groups excluding carboxylic acids is 2. The van der Waals surface area contributed by atoms with Crippen LogP contribution in [-0.2, 0) is 26.2 Å². The summed E-state index contributed by atoms with van der Waals surface area (Å²) < 4.78 is 33.9. The van der Waals surface area contributed by atoms with Crippen LogP contribution in [-0.4, -0.2) is 51.4 Å². The van der Waals surface area contributed by atoms with Crippen molar-refractivity contribution >= 4 is 27.5 Å². The number of hydrogen-bond donors (Lipinski definition) is 1. The molecule has 9 heteroatoms. The highest BCUT2D eigenvalue weighted by atomic mass is 32.2. The summed E-state index contributed by atoms with van der Waals surface area (Å²) in [7, 11) is -2.62.